The summed E-state index contributed by atoms with van der Waals surface area (Å²) in [5.41, 5.74) is 1.62. The molecule has 0 radical (unpaired) electrons. The predicted molar refractivity (Wildman–Crippen MR) is 166 cm³/mol. The van der Waals surface area contributed by atoms with Gasteiger partial charge in [-0.15, -0.1) is 0 Å². The van der Waals surface area contributed by atoms with Crippen molar-refractivity contribution in [2.45, 2.75) is 33.2 Å². The third-order valence-electron chi connectivity index (χ3n) is 7.71. The van der Waals surface area contributed by atoms with Gasteiger partial charge < -0.3 is 15.2 Å². The average molecular weight is 625 g/mol. The minimum Gasteiger partial charge on any atom is -0.381 e. The van der Waals surface area contributed by atoms with Crippen molar-refractivity contribution in [2.24, 2.45) is 14.1 Å². The first-order valence-electron chi connectivity index (χ1n) is 14.4. The Morgan fingerprint density at radius 2 is 1.72 bits per heavy atom. The van der Waals surface area contributed by atoms with Crippen LogP contribution in [0.15, 0.2) is 64.0 Å². The number of nitrogens with zero attached hydrogens (tertiary/aromatic N) is 6. The Morgan fingerprint density at radius 3 is 2.35 bits per heavy atom. The van der Waals surface area contributed by atoms with Gasteiger partial charge in [0.05, 0.1) is 17.2 Å². The highest BCUT2D eigenvalue weighted by molar-refractivity contribution is 6.14. The number of hydrogen-bond donors (Lipinski definition) is 2. The maximum absolute atomic E-state index is 14.6. The second-order valence-corrected chi connectivity index (χ2v) is 10.8. The fourth-order valence-corrected chi connectivity index (χ4v) is 5.65. The summed E-state index contributed by atoms with van der Waals surface area (Å²) < 4.78 is 22.7. The fourth-order valence-electron chi connectivity index (χ4n) is 5.65. The molecule has 1 aliphatic rings. The highest BCUT2D eigenvalue weighted by atomic mass is 19.1. The summed E-state index contributed by atoms with van der Waals surface area (Å²) in [5.74, 6) is -1.66. The molecule has 0 bridgehead atoms. The summed E-state index contributed by atoms with van der Waals surface area (Å²) in [6.45, 7) is 5.16. The molecule has 1 atom stereocenters. The maximum atomic E-state index is 14.6. The molecule has 0 aliphatic carbocycles. The van der Waals surface area contributed by atoms with E-state index in [0.29, 0.717) is 34.6 Å². The van der Waals surface area contributed by atoms with E-state index < -0.39 is 29.6 Å². The average Bonchev–Trinajstić information content (AvgIpc) is 3.65. The van der Waals surface area contributed by atoms with Crippen molar-refractivity contribution >= 4 is 34.9 Å². The zero-order chi connectivity index (χ0) is 32.9. The lowest BCUT2D eigenvalue weighted by molar-refractivity contribution is 0.0984. The molecular formula is C32H29FN8O5. The molecule has 2 aromatic carbocycles. The number of aryl methyl sites for hydroxylation is 4. The highest BCUT2D eigenvalue weighted by Crippen LogP contribution is 2.41. The van der Waals surface area contributed by atoms with E-state index >= 15 is 0 Å². The first-order valence-corrected chi connectivity index (χ1v) is 14.4. The molecule has 2 N–H and O–H groups in total. The van der Waals surface area contributed by atoms with Gasteiger partial charge in [-0.3, -0.25) is 28.8 Å². The van der Waals surface area contributed by atoms with Crippen LogP contribution in [-0.4, -0.2) is 42.2 Å². The van der Waals surface area contributed by atoms with Crippen LogP contribution in [-0.2, 0) is 14.1 Å². The van der Waals surface area contributed by atoms with Crippen molar-refractivity contribution in [1.82, 2.24) is 24.5 Å². The fraction of sp³-hybridized carbons (Fsp3) is 0.219. The zero-order valence-electron chi connectivity index (χ0n) is 25.6. The van der Waals surface area contributed by atoms with Crippen LogP contribution in [0.25, 0.3) is 11.1 Å². The van der Waals surface area contributed by atoms with E-state index in [1.165, 1.54) is 23.9 Å². The largest absolute Gasteiger partial charge is 0.381 e. The van der Waals surface area contributed by atoms with Crippen molar-refractivity contribution in [3.05, 3.63) is 105 Å². The Labute approximate surface area is 261 Å². The molecule has 0 unspecified atom stereocenters. The van der Waals surface area contributed by atoms with Gasteiger partial charge in [-0.25, -0.2) is 14.4 Å². The van der Waals surface area contributed by atoms with Gasteiger partial charge in [0.15, 0.2) is 5.82 Å². The van der Waals surface area contributed by atoms with Crippen molar-refractivity contribution < 1.29 is 23.3 Å². The number of halogens is 1. The second-order valence-electron chi connectivity index (χ2n) is 10.8. The molecule has 0 spiro atoms. The summed E-state index contributed by atoms with van der Waals surface area (Å²) in [5, 5.41) is 9.28. The summed E-state index contributed by atoms with van der Waals surface area (Å²) in [4.78, 5) is 63.1. The minimum atomic E-state index is -0.785. The summed E-state index contributed by atoms with van der Waals surface area (Å²) in [6, 6.07) is 11.5. The van der Waals surface area contributed by atoms with Gasteiger partial charge in [0.25, 0.3) is 23.3 Å². The lowest BCUT2D eigenvalue weighted by Gasteiger charge is -2.25. The molecule has 3 amide bonds. The zero-order valence-corrected chi connectivity index (χ0v) is 25.6. The van der Waals surface area contributed by atoms with Crippen LogP contribution < -0.4 is 21.1 Å². The molecule has 14 heteroatoms. The van der Waals surface area contributed by atoms with E-state index in [0.717, 1.165) is 10.8 Å². The Bertz CT molecular complexity index is 2100. The molecule has 4 heterocycles. The summed E-state index contributed by atoms with van der Waals surface area (Å²) >= 11 is 0. The molecule has 46 heavy (non-hydrogen) atoms. The van der Waals surface area contributed by atoms with Crippen molar-refractivity contribution in [1.29, 1.82) is 0 Å². The van der Waals surface area contributed by atoms with Crippen LogP contribution in [0.2, 0.25) is 0 Å². The van der Waals surface area contributed by atoms with Crippen LogP contribution >= 0.6 is 0 Å². The third-order valence-corrected chi connectivity index (χ3v) is 7.71. The second kappa shape index (κ2) is 11.5. The molecule has 1 aliphatic heterocycles. The van der Waals surface area contributed by atoms with Gasteiger partial charge in [0.2, 0.25) is 0 Å². The van der Waals surface area contributed by atoms with E-state index in [2.05, 4.69) is 25.7 Å². The quantitative estimate of drug-likeness (QED) is 0.267. The van der Waals surface area contributed by atoms with Gasteiger partial charge in [-0.05, 0) is 56.2 Å². The molecule has 6 rings (SSSR count). The van der Waals surface area contributed by atoms with Crippen molar-refractivity contribution in [2.75, 3.05) is 15.5 Å². The Morgan fingerprint density at radius 1 is 0.978 bits per heavy atom. The number of anilines is 3. The summed E-state index contributed by atoms with van der Waals surface area (Å²) in [6.07, 6.45) is 2.06. The third kappa shape index (κ3) is 5.23. The molecule has 0 fully saturated rings. The molecular weight excluding hydrogens is 595 g/mol. The van der Waals surface area contributed by atoms with E-state index in [1.54, 1.807) is 62.3 Å². The Hall–Kier alpha value is -5.92. The number of fused-ring (bicyclic) bond motifs is 1. The first-order chi connectivity index (χ1) is 22.0. The Balaban J connectivity index is 1.30. The number of aromatic nitrogens is 5. The number of amides is 3. The van der Waals surface area contributed by atoms with Gasteiger partial charge in [-0.2, -0.15) is 9.84 Å². The summed E-state index contributed by atoms with van der Waals surface area (Å²) in [7, 11) is 3.21. The molecule has 3 aromatic heterocycles. The van der Waals surface area contributed by atoms with Gasteiger partial charge in [0, 0.05) is 43.3 Å². The predicted octanol–water partition coefficient (Wildman–Crippen LogP) is 4.54. The van der Waals surface area contributed by atoms with Gasteiger partial charge >= 0.3 is 0 Å². The van der Waals surface area contributed by atoms with E-state index in [-0.39, 0.29) is 39.8 Å². The van der Waals surface area contributed by atoms with Crippen molar-refractivity contribution in [3.8, 4) is 11.1 Å². The molecule has 0 saturated heterocycles. The molecule has 234 valence electrons. The Kier molecular flexibility index (Phi) is 7.56. The van der Waals surface area contributed by atoms with Gasteiger partial charge in [0.1, 0.15) is 28.8 Å². The maximum Gasteiger partial charge on any atom is 0.290 e. The number of carbonyl (C=O) groups excluding carboxylic acids is 3. The van der Waals surface area contributed by atoms with E-state index in [4.69, 9.17) is 4.52 Å². The number of carbonyl (C=O) groups is 3. The number of benzene rings is 2. The first kappa shape index (κ1) is 30.1. The number of nitrogens with one attached hydrogen (secondary N) is 2. The van der Waals surface area contributed by atoms with E-state index in [9.17, 15) is 23.6 Å². The van der Waals surface area contributed by atoms with E-state index in [1.807, 2.05) is 6.92 Å². The number of hydrogen-bond acceptors (Lipinski definition) is 8. The van der Waals surface area contributed by atoms with Crippen LogP contribution in [0.5, 0.6) is 0 Å². The van der Waals surface area contributed by atoms with Crippen LogP contribution in [0.4, 0.5) is 21.6 Å². The topological polar surface area (TPSA) is 157 Å². The lowest BCUT2D eigenvalue weighted by atomic mass is 10.0. The highest BCUT2D eigenvalue weighted by Gasteiger charge is 2.42. The minimum absolute atomic E-state index is 0.0110. The van der Waals surface area contributed by atoms with Crippen molar-refractivity contribution in [3.63, 3.8) is 0 Å². The number of rotatable bonds is 7. The SMILES string of the molecule is CC[C@@H]1c2c(C(=O)Nc3ccc(F)c(C(=O)Nc4ccn(C)n4)c3)nc(C)nc2C(=O)N1c1ccc(-c2c(C)on(C)c2=O)cc1. The molecule has 5 aromatic rings. The smallest absolute Gasteiger partial charge is 0.290 e. The lowest BCUT2D eigenvalue weighted by Crippen LogP contribution is -2.28. The van der Waals surface area contributed by atoms with Crippen LogP contribution in [0.1, 0.15) is 67.9 Å². The monoisotopic (exact) mass is 624 g/mol. The molecule has 0 saturated carbocycles. The standard InChI is InChI=1S/C32H29FN8O5/c1-6-23-26-27(30(43)36-19-9-12-22(33)21(15-19)29(42)37-24-13-14-39(4)38-24)34-17(3)35-28(26)32(45)41(23)20-10-7-18(8-11-20)25-16(2)46-40(5)31(25)44/h7-15,23H,6H2,1-5H3,(H,36,43)(H,37,38,42)/t23-/m1/s1. The van der Waals surface area contributed by atoms with Crippen LogP contribution in [0, 0.1) is 19.7 Å². The van der Waals surface area contributed by atoms with Gasteiger partial charge in [-0.1, -0.05) is 19.1 Å². The van der Waals surface area contributed by atoms with Crippen LogP contribution in [0.3, 0.4) is 0 Å². The normalized spacial score (nSPS) is 14.0. The molecule has 13 nitrogen and oxygen atoms in total.